The number of fused-ring (bicyclic) bond motifs is 14. The fourth-order valence-corrected chi connectivity index (χ4v) is 10.4. The minimum atomic E-state index is 0.852. The molecule has 0 aliphatic carbocycles. The largest absolute Gasteiger partial charge is 0.308 e. The van der Waals surface area contributed by atoms with Crippen molar-refractivity contribution in [2.75, 3.05) is 9.80 Å². The molecular weight excluding hydrogens is 757 g/mol. The highest BCUT2D eigenvalue weighted by molar-refractivity contribution is 6.33. The van der Waals surface area contributed by atoms with Crippen LogP contribution in [-0.2, 0) is 0 Å². The topological polar surface area (TPSA) is 41.1 Å². The smallest absolute Gasteiger partial charge is 0.165 e. The highest BCUT2D eigenvalue weighted by atomic mass is 15.2. The van der Waals surface area contributed by atoms with Gasteiger partial charge in [0.2, 0.25) is 0 Å². The van der Waals surface area contributed by atoms with Crippen LogP contribution in [0.2, 0.25) is 0 Å². The molecule has 0 saturated heterocycles. The normalized spacial score (nSPS) is 12.2. The van der Waals surface area contributed by atoms with Gasteiger partial charge in [0.05, 0.1) is 33.4 Å². The van der Waals surface area contributed by atoms with Crippen LogP contribution in [0.25, 0.3) is 87.5 Å². The lowest BCUT2D eigenvalue weighted by molar-refractivity contribution is 1.22. The number of aromatic nitrogens is 4. The Hall–Kier alpha value is -8.48. The van der Waals surface area contributed by atoms with Crippen LogP contribution in [0.4, 0.5) is 34.1 Å². The second kappa shape index (κ2) is 12.5. The molecule has 6 nitrogen and oxygen atoms in total. The Morgan fingerprint density at radius 2 is 0.710 bits per heavy atom. The molecule has 0 N–H and O–H groups in total. The molecule has 14 rings (SSSR count). The van der Waals surface area contributed by atoms with Gasteiger partial charge in [-0.25, -0.2) is 9.97 Å². The molecule has 0 amide bonds. The standard InChI is InChI=1S/C56H34N6/c1-5-19-36(20-6-1)59(37-21-7-2-8-22-37)46-32-16-29-42-41-28-15-31-44-49-55(61(51(41)44)52(42)46)58-50-45-34-35-18-13-14-27-40(35)48-43-30-17-33-47(53(43)62(54(45)48)56(50)57-49)60(38-23-9-3-10-24-38)39-25-11-4-12-26-39/h1-34H. The fourth-order valence-electron chi connectivity index (χ4n) is 10.4. The Morgan fingerprint density at radius 1 is 0.306 bits per heavy atom. The van der Waals surface area contributed by atoms with E-state index in [-0.39, 0.29) is 0 Å². The summed E-state index contributed by atoms with van der Waals surface area (Å²) in [6, 6.07) is 73.7. The number of hydrogen-bond donors (Lipinski definition) is 0. The van der Waals surface area contributed by atoms with Crippen molar-refractivity contribution in [2.45, 2.75) is 0 Å². The van der Waals surface area contributed by atoms with E-state index < -0.39 is 0 Å². The van der Waals surface area contributed by atoms with Crippen molar-refractivity contribution < 1.29 is 0 Å². The van der Waals surface area contributed by atoms with Crippen LogP contribution < -0.4 is 9.80 Å². The Kier molecular flexibility index (Phi) is 6.74. The van der Waals surface area contributed by atoms with Crippen LogP contribution in [-0.4, -0.2) is 18.8 Å². The molecule has 14 aromatic rings. The molecule has 0 aliphatic heterocycles. The summed E-state index contributed by atoms with van der Waals surface area (Å²) in [7, 11) is 0. The Balaban J connectivity index is 1.15. The molecule has 5 heterocycles. The second-order valence-corrected chi connectivity index (χ2v) is 16.2. The molecule has 5 aromatic heterocycles. The molecule has 6 heteroatoms. The number of nitrogens with zero attached hydrogens (tertiary/aromatic N) is 6. The average molecular weight is 791 g/mol. The van der Waals surface area contributed by atoms with Gasteiger partial charge in [-0.3, -0.25) is 8.80 Å². The van der Waals surface area contributed by atoms with Gasteiger partial charge in [-0.2, -0.15) is 0 Å². The van der Waals surface area contributed by atoms with E-state index >= 15 is 0 Å². The van der Waals surface area contributed by atoms with E-state index in [0.717, 1.165) is 89.3 Å². The monoisotopic (exact) mass is 790 g/mol. The summed E-state index contributed by atoms with van der Waals surface area (Å²) >= 11 is 0. The van der Waals surface area contributed by atoms with E-state index in [2.05, 4.69) is 225 Å². The molecule has 0 radical (unpaired) electrons. The minimum Gasteiger partial charge on any atom is -0.308 e. The molecule has 0 aliphatic rings. The van der Waals surface area contributed by atoms with Crippen molar-refractivity contribution in [1.82, 2.24) is 18.8 Å². The Labute approximate surface area is 355 Å². The summed E-state index contributed by atoms with van der Waals surface area (Å²) < 4.78 is 4.80. The lowest BCUT2D eigenvalue weighted by Gasteiger charge is -2.26. The van der Waals surface area contributed by atoms with Crippen molar-refractivity contribution in [2.24, 2.45) is 0 Å². The van der Waals surface area contributed by atoms with E-state index in [1.165, 1.54) is 32.3 Å². The molecule has 0 atom stereocenters. The molecule has 9 aromatic carbocycles. The van der Waals surface area contributed by atoms with E-state index in [9.17, 15) is 0 Å². The van der Waals surface area contributed by atoms with Crippen molar-refractivity contribution in [3.05, 3.63) is 206 Å². The van der Waals surface area contributed by atoms with Crippen LogP contribution in [0.3, 0.4) is 0 Å². The highest BCUT2D eigenvalue weighted by Crippen LogP contribution is 2.49. The van der Waals surface area contributed by atoms with Crippen LogP contribution in [0, 0.1) is 0 Å². The fraction of sp³-hybridized carbons (Fsp3) is 0. The van der Waals surface area contributed by atoms with Crippen molar-refractivity contribution in [1.29, 1.82) is 0 Å². The van der Waals surface area contributed by atoms with Gasteiger partial charge in [-0.1, -0.05) is 140 Å². The maximum Gasteiger partial charge on any atom is 0.165 e. The summed E-state index contributed by atoms with van der Waals surface area (Å²) in [5, 5.41) is 9.35. The number of hydrogen-bond acceptors (Lipinski definition) is 4. The zero-order chi connectivity index (χ0) is 40.5. The average Bonchev–Trinajstić information content (AvgIpc) is 4.06. The lowest BCUT2D eigenvalue weighted by Crippen LogP contribution is -2.10. The molecule has 0 bridgehead atoms. The third kappa shape index (κ3) is 4.42. The van der Waals surface area contributed by atoms with Gasteiger partial charge < -0.3 is 9.80 Å². The number of anilines is 6. The van der Waals surface area contributed by atoms with Crippen molar-refractivity contribution in [3.63, 3.8) is 0 Å². The lowest BCUT2D eigenvalue weighted by atomic mass is 10.0. The third-order valence-corrected chi connectivity index (χ3v) is 12.9. The zero-order valence-electron chi connectivity index (χ0n) is 33.3. The molecule has 62 heavy (non-hydrogen) atoms. The minimum absolute atomic E-state index is 0.852. The molecule has 0 saturated carbocycles. The molecule has 0 spiro atoms. The van der Waals surface area contributed by atoms with Gasteiger partial charge in [0, 0.05) is 55.1 Å². The van der Waals surface area contributed by atoms with E-state index in [0.29, 0.717) is 0 Å². The Bertz CT molecular complexity index is 3950. The van der Waals surface area contributed by atoms with Gasteiger partial charge in [0.25, 0.3) is 0 Å². The SMILES string of the molecule is c1ccc(N(c2ccccc2)c2cccc3c4cccc5c6nc7c(nc6n(c23)c45)c2cc3ccccc3c3c4cccc(N(c5ccccc5)c5ccccc5)c4n7c23)cc1. The first-order chi connectivity index (χ1) is 30.8. The summed E-state index contributed by atoms with van der Waals surface area (Å²) in [4.78, 5) is 16.3. The van der Waals surface area contributed by atoms with Crippen molar-refractivity contribution in [3.8, 4) is 0 Å². The maximum absolute atomic E-state index is 5.81. The molecule has 0 fully saturated rings. The first-order valence-corrected chi connectivity index (χ1v) is 21.1. The number of benzene rings is 9. The zero-order valence-corrected chi connectivity index (χ0v) is 33.3. The first-order valence-electron chi connectivity index (χ1n) is 21.1. The van der Waals surface area contributed by atoms with E-state index in [4.69, 9.17) is 9.97 Å². The predicted octanol–water partition coefficient (Wildman–Crippen LogP) is 14.9. The molecule has 288 valence electrons. The van der Waals surface area contributed by atoms with Crippen molar-refractivity contribution >= 4 is 122 Å². The summed E-state index contributed by atoms with van der Waals surface area (Å²) in [5.41, 5.74) is 14.5. The maximum atomic E-state index is 5.81. The van der Waals surface area contributed by atoms with Gasteiger partial charge in [-0.05, 0) is 77.5 Å². The van der Waals surface area contributed by atoms with Crippen LogP contribution in [0.1, 0.15) is 0 Å². The van der Waals surface area contributed by atoms with E-state index in [1.807, 2.05) is 0 Å². The van der Waals surface area contributed by atoms with Crippen LogP contribution >= 0.6 is 0 Å². The highest BCUT2D eigenvalue weighted by Gasteiger charge is 2.29. The van der Waals surface area contributed by atoms with Crippen LogP contribution in [0.5, 0.6) is 0 Å². The first kappa shape index (κ1) is 33.4. The van der Waals surface area contributed by atoms with Gasteiger partial charge >= 0.3 is 0 Å². The quantitative estimate of drug-likeness (QED) is 0.168. The third-order valence-electron chi connectivity index (χ3n) is 12.9. The predicted molar refractivity (Wildman–Crippen MR) is 258 cm³/mol. The van der Waals surface area contributed by atoms with Crippen LogP contribution in [0.15, 0.2) is 206 Å². The molecule has 0 unspecified atom stereocenters. The van der Waals surface area contributed by atoms with Gasteiger partial charge in [-0.15, -0.1) is 0 Å². The second-order valence-electron chi connectivity index (χ2n) is 16.2. The van der Waals surface area contributed by atoms with Gasteiger partial charge in [0.15, 0.2) is 11.3 Å². The van der Waals surface area contributed by atoms with E-state index in [1.54, 1.807) is 0 Å². The molecular formula is C56H34N6. The summed E-state index contributed by atoms with van der Waals surface area (Å²) in [6.07, 6.45) is 0. The Morgan fingerprint density at radius 3 is 1.27 bits per heavy atom. The van der Waals surface area contributed by atoms with Gasteiger partial charge in [0.1, 0.15) is 11.0 Å². The summed E-state index contributed by atoms with van der Waals surface area (Å²) in [5.74, 6) is 0. The number of para-hydroxylation sites is 7. The summed E-state index contributed by atoms with van der Waals surface area (Å²) in [6.45, 7) is 0. The number of rotatable bonds is 6.